The molecule has 1 N–H and O–H groups in total. The minimum atomic E-state index is -0.921. The Morgan fingerprint density at radius 2 is 1.86 bits per heavy atom. The van der Waals surface area contributed by atoms with Crippen molar-refractivity contribution < 1.29 is 19.4 Å². The lowest BCUT2D eigenvalue weighted by molar-refractivity contribution is -0.137. The second-order valence-electron chi connectivity index (χ2n) is 5.70. The number of carboxylic acid groups (broad SMARTS) is 1. The van der Waals surface area contributed by atoms with E-state index in [1.54, 1.807) is 29.2 Å². The van der Waals surface area contributed by atoms with Gasteiger partial charge in [0.15, 0.2) is 0 Å². The Morgan fingerprint density at radius 1 is 1.24 bits per heavy atom. The molecule has 0 aromatic heterocycles. The van der Waals surface area contributed by atoms with Gasteiger partial charge in [-0.2, -0.15) is 0 Å². The van der Waals surface area contributed by atoms with E-state index in [0.29, 0.717) is 17.9 Å². The van der Waals surface area contributed by atoms with Crippen molar-refractivity contribution in [3.05, 3.63) is 29.8 Å². The highest BCUT2D eigenvalue weighted by molar-refractivity contribution is 5.97. The van der Waals surface area contributed by atoms with Crippen molar-refractivity contribution in [2.75, 3.05) is 13.2 Å². The van der Waals surface area contributed by atoms with Gasteiger partial charge in [0.25, 0.3) is 5.91 Å². The molecule has 0 bridgehead atoms. The number of rotatable bonds is 6. The summed E-state index contributed by atoms with van der Waals surface area (Å²) in [5.74, 6) is -0.613. The van der Waals surface area contributed by atoms with Crippen molar-refractivity contribution in [2.45, 2.75) is 39.7 Å². The molecule has 5 heteroatoms. The number of amides is 1. The number of carbonyl (C=O) groups is 2. The summed E-state index contributed by atoms with van der Waals surface area (Å²) < 4.78 is 5.48. The summed E-state index contributed by atoms with van der Waals surface area (Å²) >= 11 is 0. The Kier molecular flexibility index (Phi) is 5.76. The fraction of sp³-hybridized carbons (Fsp3) is 0.500. The van der Waals surface area contributed by atoms with Gasteiger partial charge in [0, 0.05) is 12.1 Å². The highest BCUT2D eigenvalue weighted by Gasteiger charge is 2.29. The number of carboxylic acids is 1. The first kappa shape index (κ1) is 17.0. The first-order chi connectivity index (χ1) is 9.77. The lowest BCUT2D eigenvalue weighted by atomic mass is 10.0. The van der Waals surface area contributed by atoms with Crippen LogP contribution in [0.5, 0.6) is 5.75 Å². The first-order valence-electron chi connectivity index (χ1n) is 7.03. The normalized spacial score (nSPS) is 11.0. The number of carbonyl (C=O) groups excluding carboxylic acids is 1. The molecule has 5 nitrogen and oxygen atoms in total. The van der Waals surface area contributed by atoms with E-state index in [-0.39, 0.29) is 18.9 Å². The number of nitrogens with zero attached hydrogens (tertiary/aromatic N) is 1. The fourth-order valence-electron chi connectivity index (χ4n) is 2.02. The van der Waals surface area contributed by atoms with Gasteiger partial charge in [-0.15, -0.1) is 0 Å². The van der Waals surface area contributed by atoms with Crippen LogP contribution in [0.3, 0.4) is 0 Å². The standard InChI is InChI=1S/C16H23NO4/c1-5-21-13-9-7-6-8-12(13)15(20)17(16(2,3)4)11-10-14(18)19/h6-9H,5,10-11H2,1-4H3,(H,18,19). The maximum absolute atomic E-state index is 12.8. The number of ether oxygens (including phenoxy) is 1. The number of aliphatic carboxylic acids is 1. The fourth-order valence-corrected chi connectivity index (χ4v) is 2.02. The molecule has 1 aromatic rings. The molecule has 1 rings (SSSR count). The zero-order chi connectivity index (χ0) is 16.0. The topological polar surface area (TPSA) is 66.8 Å². The van der Waals surface area contributed by atoms with Crippen LogP contribution in [-0.4, -0.2) is 40.6 Å². The van der Waals surface area contributed by atoms with Crippen LogP contribution in [0.25, 0.3) is 0 Å². The van der Waals surface area contributed by atoms with Crippen LogP contribution in [0.2, 0.25) is 0 Å². The minimum Gasteiger partial charge on any atom is -0.493 e. The number of para-hydroxylation sites is 1. The second-order valence-corrected chi connectivity index (χ2v) is 5.70. The van der Waals surface area contributed by atoms with Gasteiger partial charge in [-0.25, -0.2) is 0 Å². The Hall–Kier alpha value is -2.04. The van der Waals surface area contributed by atoms with E-state index < -0.39 is 11.5 Å². The van der Waals surface area contributed by atoms with E-state index in [2.05, 4.69) is 0 Å². The lowest BCUT2D eigenvalue weighted by Gasteiger charge is -2.35. The predicted molar refractivity (Wildman–Crippen MR) is 80.7 cm³/mol. The van der Waals surface area contributed by atoms with Gasteiger partial charge in [0.1, 0.15) is 5.75 Å². The molecule has 1 aromatic carbocycles. The average Bonchev–Trinajstić information content (AvgIpc) is 2.37. The van der Waals surface area contributed by atoms with Gasteiger partial charge < -0.3 is 14.7 Å². The van der Waals surface area contributed by atoms with Gasteiger partial charge >= 0.3 is 5.97 Å². The second kappa shape index (κ2) is 7.11. The molecule has 0 spiro atoms. The monoisotopic (exact) mass is 293 g/mol. The van der Waals surface area contributed by atoms with Gasteiger partial charge in [0.2, 0.25) is 0 Å². The molecule has 0 heterocycles. The average molecular weight is 293 g/mol. The number of hydrogen-bond acceptors (Lipinski definition) is 3. The highest BCUT2D eigenvalue weighted by atomic mass is 16.5. The Morgan fingerprint density at radius 3 is 2.38 bits per heavy atom. The molecule has 0 saturated heterocycles. The van der Waals surface area contributed by atoms with Crippen LogP contribution < -0.4 is 4.74 Å². The molecule has 0 fully saturated rings. The van der Waals surface area contributed by atoms with E-state index in [1.807, 2.05) is 27.7 Å². The summed E-state index contributed by atoms with van der Waals surface area (Å²) in [4.78, 5) is 25.1. The summed E-state index contributed by atoms with van der Waals surface area (Å²) in [6, 6.07) is 7.02. The molecule has 0 aliphatic heterocycles. The number of hydrogen-bond donors (Lipinski definition) is 1. The third-order valence-electron chi connectivity index (χ3n) is 3.02. The summed E-state index contributed by atoms with van der Waals surface area (Å²) in [7, 11) is 0. The third kappa shape index (κ3) is 4.77. The van der Waals surface area contributed by atoms with E-state index in [0.717, 1.165) is 0 Å². The lowest BCUT2D eigenvalue weighted by Crippen LogP contribution is -2.46. The molecular formula is C16H23NO4. The molecular weight excluding hydrogens is 270 g/mol. The van der Waals surface area contributed by atoms with Crippen molar-refractivity contribution in [1.29, 1.82) is 0 Å². The van der Waals surface area contributed by atoms with E-state index in [9.17, 15) is 9.59 Å². The van der Waals surface area contributed by atoms with Crippen LogP contribution in [0, 0.1) is 0 Å². The number of benzene rings is 1. The highest BCUT2D eigenvalue weighted by Crippen LogP contribution is 2.24. The summed E-state index contributed by atoms with van der Waals surface area (Å²) in [5, 5.41) is 8.86. The van der Waals surface area contributed by atoms with Gasteiger partial charge in [-0.05, 0) is 39.8 Å². The van der Waals surface area contributed by atoms with Crippen molar-refractivity contribution in [2.24, 2.45) is 0 Å². The summed E-state index contributed by atoms with van der Waals surface area (Å²) in [6.07, 6.45) is -0.0835. The van der Waals surface area contributed by atoms with Crippen molar-refractivity contribution in [3.8, 4) is 5.75 Å². The molecule has 0 unspecified atom stereocenters. The maximum Gasteiger partial charge on any atom is 0.305 e. The summed E-state index contributed by atoms with van der Waals surface area (Å²) in [5.41, 5.74) is -0.00839. The third-order valence-corrected chi connectivity index (χ3v) is 3.02. The zero-order valence-corrected chi connectivity index (χ0v) is 13.0. The quantitative estimate of drug-likeness (QED) is 0.875. The molecule has 0 aliphatic carbocycles. The van der Waals surface area contributed by atoms with Crippen LogP contribution >= 0.6 is 0 Å². The Bertz CT molecular complexity index is 505. The van der Waals surface area contributed by atoms with Crippen molar-refractivity contribution in [1.82, 2.24) is 4.90 Å². The van der Waals surface area contributed by atoms with Crippen molar-refractivity contribution >= 4 is 11.9 Å². The van der Waals surface area contributed by atoms with Gasteiger partial charge in [0.05, 0.1) is 18.6 Å². The van der Waals surface area contributed by atoms with Crippen molar-refractivity contribution in [3.63, 3.8) is 0 Å². The van der Waals surface area contributed by atoms with Crippen LogP contribution in [0.1, 0.15) is 44.5 Å². The van der Waals surface area contributed by atoms with Gasteiger partial charge in [-0.3, -0.25) is 9.59 Å². The molecule has 0 atom stereocenters. The van der Waals surface area contributed by atoms with E-state index in [1.165, 1.54) is 0 Å². The van der Waals surface area contributed by atoms with Crippen LogP contribution in [0.4, 0.5) is 0 Å². The van der Waals surface area contributed by atoms with Gasteiger partial charge in [-0.1, -0.05) is 12.1 Å². The van der Waals surface area contributed by atoms with Crippen LogP contribution in [0.15, 0.2) is 24.3 Å². The molecule has 0 saturated carbocycles. The van der Waals surface area contributed by atoms with E-state index in [4.69, 9.17) is 9.84 Å². The van der Waals surface area contributed by atoms with Crippen LogP contribution in [-0.2, 0) is 4.79 Å². The molecule has 21 heavy (non-hydrogen) atoms. The smallest absolute Gasteiger partial charge is 0.305 e. The van der Waals surface area contributed by atoms with E-state index >= 15 is 0 Å². The first-order valence-corrected chi connectivity index (χ1v) is 7.03. The molecule has 0 aliphatic rings. The maximum atomic E-state index is 12.8. The molecule has 1 amide bonds. The summed E-state index contributed by atoms with van der Waals surface area (Å²) in [6.45, 7) is 8.14. The predicted octanol–water partition coefficient (Wildman–Crippen LogP) is 2.80. The zero-order valence-electron chi connectivity index (χ0n) is 13.0. The molecule has 0 radical (unpaired) electrons. The Labute approximate surface area is 125 Å². The Balaban J connectivity index is 3.08. The SMILES string of the molecule is CCOc1ccccc1C(=O)N(CCC(=O)O)C(C)(C)C. The largest absolute Gasteiger partial charge is 0.493 e. The molecule has 116 valence electrons. The minimum absolute atomic E-state index is 0.0835.